The first-order valence-corrected chi connectivity index (χ1v) is 18.5. The van der Waals surface area contributed by atoms with Crippen molar-refractivity contribution >= 4 is 11.9 Å². The molecule has 0 aromatic heterocycles. The Morgan fingerprint density at radius 1 is 0.366 bits per heavy atom. The monoisotopic (exact) mass is 581 g/mol. The molecular weight excluding hydrogens is 508 g/mol. The Balaban J connectivity index is 3.75. The highest BCUT2D eigenvalue weighted by atomic mass is 16.7. The molecule has 0 rings (SSSR count). The first-order chi connectivity index (χ1) is 20.1. The van der Waals surface area contributed by atoms with E-state index in [4.69, 9.17) is 9.47 Å². The average molecular weight is 581 g/mol. The Morgan fingerprint density at radius 3 is 0.878 bits per heavy atom. The number of unbranched alkanes of at least 4 members (excludes halogenated alkanes) is 25. The quantitative estimate of drug-likeness (QED) is 0.0440. The fraction of sp³-hybridized carbons (Fsp3) is 0.946. The predicted octanol–water partition coefficient (Wildman–Crippen LogP) is 12.6. The van der Waals surface area contributed by atoms with E-state index in [2.05, 4.69) is 20.8 Å². The lowest BCUT2D eigenvalue weighted by Gasteiger charge is -2.18. The van der Waals surface area contributed by atoms with Crippen molar-refractivity contribution in [1.82, 2.24) is 0 Å². The van der Waals surface area contributed by atoms with E-state index in [-0.39, 0.29) is 11.9 Å². The van der Waals surface area contributed by atoms with E-state index in [9.17, 15) is 9.59 Å². The Labute approximate surface area is 256 Å². The van der Waals surface area contributed by atoms with Crippen molar-refractivity contribution in [2.45, 2.75) is 226 Å². The molecule has 4 nitrogen and oxygen atoms in total. The van der Waals surface area contributed by atoms with Crippen molar-refractivity contribution < 1.29 is 19.1 Å². The number of hydrogen-bond acceptors (Lipinski definition) is 4. The van der Waals surface area contributed by atoms with Crippen LogP contribution in [-0.4, -0.2) is 18.2 Å². The van der Waals surface area contributed by atoms with Crippen LogP contribution in [0.2, 0.25) is 0 Å². The molecule has 0 unspecified atom stereocenters. The minimum absolute atomic E-state index is 0.220. The third-order valence-corrected chi connectivity index (χ3v) is 8.29. The van der Waals surface area contributed by atoms with Crippen molar-refractivity contribution in [3.63, 3.8) is 0 Å². The zero-order valence-corrected chi connectivity index (χ0v) is 28.1. The normalized spacial score (nSPS) is 11.3. The highest BCUT2D eigenvalue weighted by Crippen LogP contribution is 2.16. The second-order valence-corrected chi connectivity index (χ2v) is 12.5. The van der Waals surface area contributed by atoms with Gasteiger partial charge in [-0.05, 0) is 19.3 Å². The van der Waals surface area contributed by atoms with E-state index >= 15 is 0 Å². The van der Waals surface area contributed by atoms with Gasteiger partial charge in [-0.1, -0.05) is 181 Å². The number of hydrogen-bond donors (Lipinski definition) is 0. The molecule has 0 radical (unpaired) electrons. The smallest absolute Gasteiger partial charge is 0.308 e. The number of ether oxygens (including phenoxy) is 2. The molecule has 0 spiro atoms. The van der Waals surface area contributed by atoms with Crippen molar-refractivity contribution in [3.05, 3.63) is 0 Å². The molecule has 0 saturated carbocycles. The van der Waals surface area contributed by atoms with Crippen molar-refractivity contribution in [2.24, 2.45) is 0 Å². The molecule has 0 aromatic carbocycles. The lowest BCUT2D eigenvalue weighted by molar-refractivity contribution is -0.189. The van der Waals surface area contributed by atoms with Crippen LogP contribution in [0.3, 0.4) is 0 Å². The molecular formula is C37H72O4. The minimum Gasteiger partial charge on any atom is -0.425 e. The number of carbonyl (C=O) groups is 2. The third kappa shape index (κ3) is 31.7. The van der Waals surface area contributed by atoms with Gasteiger partial charge in [0, 0.05) is 19.3 Å². The second kappa shape index (κ2) is 33.4. The number of carbonyl (C=O) groups excluding carboxylic acids is 2. The SMILES string of the molecule is CCCCCCCCCCCCCCCC(=O)OC(CCCC)OC(=O)CCCCCCCCCCCCCCC. The van der Waals surface area contributed by atoms with Gasteiger partial charge in [0.25, 0.3) is 0 Å². The summed E-state index contributed by atoms with van der Waals surface area (Å²) in [4.78, 5) is 24.7. The summed E-state index contributed by atoms with van der Waals surface area (Å²) in [6.07, 6.45) is 36.1. The van der Waals surface area contributed by atoms with Gasteiger partial charge in [-0.2, -0.15) is 0 Å². The Morgan fingerprint density at radius 2 is 0.610 bits per heavy atom. The highest BCUT2D eigenvalue weighted by molar-refractivity contribution is 5.71. The Hall–Kier alpha value is -1.06. The van der Waals surface area contributed by atoms with Gasteiger partial charge in [0.15, 0.2) is 0 Å². The van der Waals surface area contributed by atoms with E-state index < -0.39 is 6.29 Å². The van der Waals surface area contributed by atoms with Gasteiger partial charge in [-0.15, -0.1) is 0 Å². The van der Waals surface area contributed by atoms with E-state index in [0.29, 0.717) is 19.3 Å². The summed E-state index contributed by atoms with van der Waals surface area (Å²) in [5.41, 5.74) is 0. The molecule has 0 amide bonds. The van der Waals surface area contributed by atoms with E-state index in [1.807, 2.05) is 0 Å². The third-order valence-electron chi connectivity index (χ3n) is 8.29. The van der Waals surface area contributed by atoms with Crippen LogP contribution in [0.5, 0.6) is 0 Å². The topological polar surface area (TPSA) is 52.6 Å². The van der Waals surface area contributed by atoms with Gasteiger partial charge < -0.3 is 9.47 Å². The molecule has 0 aromatic rings. The lowest BCUT2D eigenvalue weighted by Crippen LogP contribution is -2.24. The molecule has 244 valence electrons. The maximum atomic E-state index is 12.4. The summed E-state index contributed by atoms with van der Waals surface area (Å²) in [6, 6.07) is 0. The fourth-order valence-electron chi connectivity index (χ4n) is 5.50. The first-order valence-electron chi connectivity index (χ1n) is 18.5. The van der Waals surface area contributed by atoms with Gasteiger partial charge in [0.1, 0.15) is 0 Å². The van der Waals surface area contributed by atoms with Gasteiger partial charge in [0.05, 0.1) is 0 Å². The standard InChI is InChI=1S/C37H72O4/c1-4-7-10-12-14-16-18-20-22-24-26-28-30-32-35(38)40-37(34-9-6-3)41-36(39)33-31-29-27-25-23-21-19-17-15-13-11-8-5-2/h37H,4-34H2,1-3H3. The molecule has 4 heteroatoms. The lowest BCUT2D eigenvalue weighted by atomic mass is 10.0. The van der Waals surface area contributed by atoms with Crippen LogP contribution >= 0.6 is 0 Å². The molecule has 41 heavy (non-hydrogen) atoms. The summed E-state index contributed by atoms with van der Waals surface area (Å²) in [5.74, 6) is -0.439. The molecule has 0 N–H and O–H groups in total. The molecule has 0 saturated heterocycles. The van der Waals surface area contributed by atoms with Gasteiger partial charge in [0.2, 0.25) is 6.29 Å². The van der Waals surface area contributed by atoms with Crippen molar-refractivity contribution in [1.29, 1.82) is 0 Å². The van der Waals surface area contributed by atoms with Crippen LogP contribution in [-0.2, 0) is 19.1 Å². The average Bonchev–Trinajstić information content (AvgIpc) is 2.96. The van der Waals surface area contributed by atoms with Crippen molar-refractivity contribution in [2.75, 3.05) is 0 Å². The highest BCUT2D eigenvalue weighted by Gasteiger charge is 2.18. The van der Waals surface area contributed by atoms with E-state index in [1.165, 1.54) is 141 Å². The number of esters is 2. The van der Waals surface area contributed by atoms with Crippen molar-refractivity contribution in [3.8, 4) is 0 Å². The van der Waals surface area contributed by atoms with Gasteiger partial charge in [-0.3, -0.25) is 9.59 Å². The summed E-state index contributed by atoms with van der Waals surface area (Å²) in [7, 11) is 0. The molecule has 0 fully saturated rings. The summed E-state index contributed by atoms with van der Waals surface area (Å²) < 4.78 is 11.1. The van der Waals surface area contributed by atoms with Crippen LogP contribution in [0.25, 0.3) is 0 Å². The molecule has 0 aliphatic rings. The second-order valence-electron chi connectivity index (χ2n) is 12.5. The maximum Gasteiger partial charge on any atom is 0.308 e. The van der Waals surface area contributed by atoms with Crippen LogP contribution < -0.4 is 0 Å². The molecule has 0 atom stereocenters. The van der Waals surface area contributed by atoms with Gasteiger partial charge >= 0.3 is 11.9 Å². The maximum absolute atomic E-state index is 12.4. The van der Waals surface area contributed by atoms with Crippen LogP contribution in [0.1, 0.15) is 220 Å². The Bertz CT molecular complexity index is 503. The van der Waals surface area contributed by atoms with Gasteiger partial charge in [-0.25, -0.2) is 0 Å². The van der Waals surface area contributed by atoms with Crippen LogP contribution in [0, 0.1) is 0 Å². The summed E-state index contributed by atoms with van der Waals surface area (Å²) >= 11 is 0. The van der Waals surface area contributed by atoms with Crippen LogP contribution in [0.15, 0.2) is 0 Å². The molecule has 0 aliphatic heterocycles. The fourth-order valence-corrected chi connectivity index (χ4v) is 5.50. The zero-order chi connectivity index (χ0) is 30.1. The summed E-state index contributed by atoms with van der Waals surface area (Å²) in [6.45, 7) is 6.64. The van der Waals surface area contributed by atoms with E-state index in [1.54, 1.807) is 0 Å². The first kappa shape index (κ1) is 39.9. The summed E-state index contributed by atoms with van der Waals surface area (Å²) in [5, 5.41) is 0. The number of rotatable bonds is 33. The zero-order valence-electron chi connectivity index (χ0n) is 28.1. The molecule has 0 heterocycles. The molecule has 0 aliphatic carbocycles. The Kier molecular flexibility index (Phi) is 32.6. The van der Waals surface area contributed by atoms with E-state index in [0.717, 1.165) is 38.5 Å². The van der Waals surface area contributed by atoms with Crippen LogP contribution in [0.4, 0.5) is 0 Å². The molecule has 0 bridgehead atoms. The minimum atomic E-state index is -0.709. The largest absolute Gasteiger partial charge is 0.425 e. The predicted molar refractivity (Wildman–Crippen MR) is 176 cm³/mol.